The maximum atomic E-state index is 9.50. The summed E-state index contributed by atoms with van der Waals surface area (Å²) in [6, 6.07) is 17.9. The van der Waals surface area contributed by atoms with Gasteiger partial charge in [-0.3, -0.25) is 0 Å². The third kappa shape index (κ3) is 3.56. The van der Waals surface area contributed by atoms with Gasteiger partial charge in [0.15, 0.2) is 0 Å². The molecular weight excluding hydrogens is 384 g/mol. The highest BCUT2D eigenvalue weighted by molar-refractivity contribution is 9.10. The van der Waals surface area contributed by atoms with Crippen LogP contribution >= 0.6 is 27.3 Å². The van der Waals surface area contributed by atoms with E-state index in [1.165, 1.54) is 11.3 Å². The van der Waals surface area contributed by atoms with Gasteiger partial charge in [-0.25, -0.2) is 4.98 Å². The molecular formula is C19H13BrN2OS. The van der Waals surface area contributed by atoms with E-state index in [1.54, 1.807) is 7.11 Å². The fourth-order valence-electron chi connectivity index (χ4n) is 2.22. The number of benzene rings is 2. The number of nitrogens with zero attached hydrogens (tertiary/aromatic N) is 2. The second-order valence-electron chi connectivity index (χ2n) is 4.97. The number of methoxy groups -OCH3 is 1. The molecule has 3 rings (SSSR count). The van der Waals surface area contributed by atoms with Gasteiger partial charge >= 0.3 is 0 Å². The molecule has 3 nitrogen and oxygen atoms in total. The summed E-state index contributed by atoms with van der Waals surface area (Å²) in [6.07, 6.45) is 1.83. The van der Waals surface area contributed by atoms with Crippen LogP contribution in [-0.4, -0.2) is 12.1 Å². The lowest BCUT2D eigenvalue weighted by Gasteiger charge is -2.03. The van der Waals surface area contributed by atoms with Crippen molar-refractivity contribution >= 4 is 38.9 Å². The minimum Gasteiger partial charge on any atom is -0.496 e. The van der Waals surface area contributed by atoms with Crippen molar-refractivity contribution in [3.05, 3.63) is 69.0 Å². The highest BCUT2D eigenvalue weighted by Crippen LogP contribution is 2.29. The predicted octanol–water partition coefficient (Wildman–Crippen LogP) is 5.65. The predicted molar refractivity (Wildman–Crippen MR) is 102 cm³/mol. The zero-order chi connectivity index (χ0) is 16.9. The molecule has 3 aromatic rings. The number of aromatic nitrogens is 1. The van der Waals surface area contributed by atoms with Crippen LogP contribution in [0.3, 0.4) is 0 Å². The van der Waals surface area contributed by atoms with Crippen LogP contribution in [0.2, 0.25) is 0 Å². The van der Waals surface area contributed by atoms with E-state index in [0.717, 1.165) is 27.0 Å². The minimum absolute atomic E-state index is 0.541. The number of thiazole rings is 1. The van der Waals surface area contributed by atoms with Crippen molar-refractivity contribution in [3.63, 3.8) is 0 Å². The van der Waals surface area contributed by atoms with Gasteiger partial charge in [0.05, 0.1) is 22.8 Å². The van der Waals surface area contributed by atoms with Crippen molar-refractivity contribution in [2.75, 3.05) is 7.11 Å². The Kier molecular flexibility index (Phi) is 5.09. The maximum Gasteiger partial charge on any atom is 0.134 e. The fourth-order valence-corrected chi connectivity index (χ4v) is 3.57. The molecule has 1 heterocycles. The van der Waals surface area contributed by atoms with Crippen LogP contribution < -0.4 is 4.74 Å². The average Bonchev–Trinajstić information content (AvgIpc) is 3.10. The van der Waals surface area contributed by atoms with Gasteiger partial charge < -0.3 is 4.74 Å². The molecule has 0 spiro atoms. The average molecular weight is 397 g/mol. The summed E-state index contributed by atoms with van der Waals surface area (Å²) in [5.41, 5.74) is 3.38. The van der Waals surface area contributed by atoms with Gasteiger partial charge in [-0.15, -0.1) is 11.3 Å². The number of rotatable bonds is 4. The van der Waals surface area contributed by atoms with E-state index in [0.29, 0.717) is 10.6 Å². The van der Waals surface area contributed by atoms with Crippen molar-refractivity contribution in [3.8, 4) is 23.1 Å². The molecule has 0 fully saturated rings. The van der Waals surface area contributed by atoms with Gasteiger partial charge in [0.1, 0.15) is 16.8 Å². The molecule has 0 bridgehead atoms. The molecule has 0 amide bonds. The van der Waals surface area contributed by atoms with E-state index in [1.807, 2.05) is 60.0 Å². The van der Waals surface area contributed by atoms with E-state index >= 15 is 0 Å². The molecule has 5 heteroatoms. The van der Waals surface area contributed by atoms with E-state index in [9.17, 15) is 5.26 Å². The third-order valence-electron chi connectivity index (χ3n) is 3.41. The van der Waals surface area contributed by atoms with Crippen molar-refractivity contribution in [1.29, 1.82) is 5.26 Å². The van der Waals surface area contributed by atoms with Gasteiger partial charge in [-0.05, 0) is 39.7 Å². The lowest BCUT2D eigenvalue weighted by molar-refractivity contribution is 0.412. The number of ether oxygens (including phenoxy) is 1. The molecule has 0 aliphatic rings. The van der Waals surface area contributed by atoms with Gasteiger partial charge in [-0.2, -0.15) is 5.26 Å². The molecule has 118 valence electrons. The molecule has 2 aromatic carbocycles. The Morgan fingerprint density at radius 3 is 2.71 bits per heavy atom. The molecule has 1 aromatic heterocycles. The number of hydrogen-bond donors (Lipinski definition) is 0. The first kappa shape index (κ1) is 16.4. The van der Waals surface area contributed by atoms with Crippen LogP contribution in [0.5, 0.6) is 5.75 Å². The first-order valence-corrected chi connectivity index (χ1v) is 8.85. The standard InChI is InChI=1S/C19H13BrN2OS/c1-23-18-8-7-13(10-16(18)20)9-15(11-21)19-22-17(12-24-19)14-5-3-2-4-6-14/h2-10,12H,1H3/b15-9-. The van der Waals surface area contributed by atoms with Gasteiger partial charge in [-0.1, -0.05) is 36.4 Å². The van der Waals surface area contributed by atoms with Crippen LogP contribution in [0.15, 0.2) is 58.4 Å². The van der Waals surface area contributed by atoms with E-state index < -0.39 is 0 Å². The Morgan fingerprint density at radius 2 is 2.04 bits per heavy atom. The second-order valence-corrected chi connectivity index (χ2v) is 6.68. The lowest BCUT2D eigenvalue weighted by atomic mass is 10.1. The molecule has 0 atom stereocenters. The second kappa shape index (κ2) is 7.43. The summed E-state index contributed by atoms with van der Waals surface area (Å²) in [5, 5.41) is 12.2. The van der Waals surface area contributed by atoms with Crippen LogP contribution in [0.25, 0.3) is 22.9 Å². The highest BCUT2D eigenvalue weighted by atomic mass is 79.9. The first-order chi connectivity index (χ1) is 11.7. The van der Waals surface area contributed by atoms with Crippen molar-refractivity contribution in [2.24, 2.45) is 0 Å². The normalized spacial score (nSPS) is 11.1. The summed E-state index contributed by atoms with van der Waals surface area (Å²) in [6.45, 7) is 0. The van der Waals surface area contributed by atoms with Crippen molar-refractivity contribution in [1.82, 2.24) is 4.98 Å². The van der Waals surface area contributed by atoms with E-state index in [4.69, 9.17) is 4.74 Å². The fraction of sp³-hybridized carbons (Fsp3) is 0.0526. The molecule has 0 unspecified atom stereocenters. The van der Waals surface area contributed by atoms with Crippen LogP contribution in [0.1, 0.15) is 10.6 Å². The SMILES string of the molecule is COc1ccc(/C=C(/C#N)c2nc(-c3ccccc3)cs2)cc1Br. The highest BCUT2D eigenvalue weighted by Gasteiger charge is 2.09. The summed E-state index contributed by atoms with van der Waals surface area (Å²) in [5.74, 6) is 0.756. The van der Waals surface area contributed by atoms with Gasteiger partial charge in [0.2, 0.25) is 0 Å². The first-order valence-electron chi connectivity index (χ1n) is 7.18. The number of halogens is 1. The number of hydrogen-bond acceptors (Lipinski definition) is 4. The zero-order valence-corrected chi connectivity index (χ0v) is 15.3. The number of nitriles is 1. The van der Waals surface area contributed by atoms with E-state index in [2.05, 4.69) is 27.0 Å². The molecule has 0 aliphatic carbocycles. The van der Waals surface area contributed by atoms with E-state index in [-0.39, 0.29) is 0 Å². The Labute approximate surface area is 153 Å². The van der Waals surface area contributed by atoms with Gasteiger partial charge in [0, 0.05) is 10.9 Å². The number of allylic oxidation sites excluding steroid dienone is 1. The molecule has 0 saturated carbocycles. The Balaban J connectivity index is 1.94. The third-order valence-corrected chi connectivity index (χ3v) is 4.91. The van der Waals surface area contributed by atoms with Crippen molar-refractivity contribution in [2.45, 2.75) is 0 Å². The quantitative estimate of drug-likeness (QED) is 0.535. The molecule has 0 N–H and O–H groups in total. The summed E-state index contributed by atoms with van der Waals surface area (Å²) < 4.78 is 6.07. The zero-order valence-electron chi connectivity index (χ0n) is 12.9. The molecule has 0 aliphatic heterocycles. The Hall–Kier alpha value is -2.42. The molecule has 24 heavy (non-hydrogen) atoms. The van der Waals surface area contributed by atoms with Gasteiger partial charge in [0.25, 0.3) is 0 Å². The lowest BCUT2D eigenvalue weighted by Crippen LogP contribution is -1.86. The molecule has 0 saturated heterocycles. The topological polar surface area (TPSA) is 45.9 Å². The maximum absolute atomic E-state index is 9.50. The largest absolute Gasteiger partial charge is 0.496 e. The summed E-state index contributed by atoms with van der Waals surface area (Å²) in [7, 11) is 1.62. The Bertz CT molecular complexity index is 926. The summed E-state index contributed by atoms with van der Waals surface area (Å²) >= 11 is 4.93. The monoisotopic (exact) mass is 396 g/mol. The van der Waals surface area contributed by atoms with Crippen molar-refractivity contribution < 1.29 is 4.74 Å². The van der Waals surface area contributed by atoms with Crippen LogP contribution in [0, 0.1) is 11.3 Å². The van der Waals surface area contributed by atoms with Crippen LogP contribution in [-0.2, 0) is 0 Å². The van der Waals surface area contributed by atoms with Crippen LogP contribution in [0.4, 0.5) is 0 Å². The Morgan fingerprint density at radius 1 is 1.25 bits per heavy atom. The smallest absolute Gasteiger partial charge is 0.134 e. The summed E-state index contributed by atoms with van der Waals surface area (Å²) in [4.78, 5) is 4.60. The minimum atomic E-state index is 0.541. The molecule has 0 radical (unpaired) electrons.